The lowest BCUT2D eigenvalue weighted by Crippen LogP contribution is -2.16. The predicted molar refractivity (Wildman–Crippen MR) is 85.4 cm³/mol. The Kier molecular flexibility index (Phi) is 3.86. The molecule has 23 heavy (non-hydrogen) atoms. The van der Waals surface area contributed by atoms with Gasteiger partial charge in [-0.25, -0.2) is 4.98 Å². The number of carbonyl (C=O) groups is 1. The van der Waals surface area contributed by atoms with Gasteiger partial charge in [0.25, 0.3) is 0 Å². The molecular weight excluding hydrogens is 314 g/mol. The van der Waals surface area contributed by atoms with E-state index in [1.54, 1.807) is 6.20 Å². The summed E-state index contributed by atoms with van der Waals surface area (Å²) < 4.78 is 11.6. The van der Waals surface area contributed by atoms with Crippen LogP contribution in [0.25, 0.3) is 0 Å². The van der Waals surface area contributed by atoms with E-state index in [9.17, 15) is 4.79 Å². The zero-order valence-corrected chi connectivity index (χ0v) is 13.8. The Balaban J connectivity index is 1.36. The van der Waals surface area contributed by atoms with Crippen molar-refractivity contribution in [1.82, 2.24) is 19.1 Å². The molecule has 2 aromatic heterocycles. The molecule has 0 radical (unpaired) electrons. The third kappa shape index (κ3) is 3.00. The molecule has 1 N–H and O–H groups in total. The van der Waals surface area contributed by atoms with Gasteiger partial charge >= 0.3 is 0 Å². The largest absolute Gasteiger partial charge is 0.381 e. The van der Waals surface area contributed by atoms with Crippen LogP contribution in [0.5, 0.6) is 0 Å². The van der Waals surface area contributed by atoms with Crippen molar-refractivity contribution in [1.29, 1.82) is 0 Å². The van der Waals surface area contributed by atoms with Crippen molar-refractivity contribution in [3.05, 3.63) is 23.8 Å². The van der Waals surface area contributed by atoms with Crippen molar-refractivity contribution in [2.75, 3.05) is 18.5 Å². The highest BCUT2D eigenvalue weighted by Gasteiger charge is 2.45. The van der Waals surface area contributed by atoms with Crippen LogP contribution >= 0.6 is 11.5 Å². The van der Waals surface area contributed by atoms with Crippen molar-refractivity contribution in [3.63, 3.8) is 0 Å². The maximum atomic E-state index is 12.4. The molecule has 2 aromatic rings. The van der Waals surface area contributed by atoms with Crippen molar-refractivity contribution in [2.45, 2.75) is 31.1 Å². The number of aromatic nitrogens is 4. The van der Waals surface area contributed by atoms with E-state index in [2.05, 4.69) is 19.8 Å². The van der Waals surface area contributed by atoms with Crippen molar-refractivity contribution in [3.8, 4) is 0 Å². The fraction of sp³-hybridized carbons (Fsp3) is 0.600. The molecule has 1 saturated heterocycles. The Morgan fingerprint density at radius 2 is 2.26 bits per heavy atom. The number of nitrogens with one attached hydrogen (secondary N) is 1. The van der Waals surface area contributed by atoms with Crippen LogP contribution in [0, 0.1) is 5.92 Å². The molecule has 1 amide bonds. The second-order valence-corrected chi connectivity index (χ2v) is 6.91. The van der Waals surface area contributed by atoms with Gasteiger partial charge in [0.15, 0.2) is 0 Å². The second-order valence-electron chi connectivity index (χ2n) is 6.16. The van der Waals surface area contributed by atoms with Gasteiger partial charge < -0.3 is 10.1 Å². The lowest BCUT2D eigenvalue weighted by Gasteiger charge is -2.18. The summed E-state index contributed by atoms with van der Waals surface area (Å²) in [5.41, 5.74) is 1.12. The first-order chi connectivity index (χ1) is 11.2. The lowest BCUT2D eigenvalue weighted by atomic mass is 10.00. The standard InChI is InChI=1S/C15H19N5O2S/c1-20-12(2-5-16-20)10-8-11(10)14(21)18-15-17-13(19-23-15)9-3-6-22-7-4-9/h2,5,9-11H,3-4,6-8H2,1H3,(H,17,18,19,21)/t10-,11-/m1/s1. The van der Waals surface area contributed by atoms with Crippen LogP contribution in [0.1, 0.15) is 42.6 Å². The topological polar surface area (TPSA) is 81.9 Å². The van der Waals surface area contributed by atoms with E-state index >= 15 is 0 Å². The van der Waals surface area contributed by atoms with Crippen molar-refractivity contribution < 1.29 is 9.53 Å². The van der Waals surface area contributed by atoms with Gasteiger partial charge in [-0.05, 0) is 25.3 Å². The van der Waals surface area contributed by atoms with E-state index in [1.807, 2.05) is 17.8 Å². The van der Waals surface area contributed by atoms with Gasteiger partial charge in [0, 0.05) is 61.4 Å². The van der Waals surface area contributed by atoms with Crippen LogP contribution in [0.3, 0.4) is 0 Å². The fourth-order valence-electron chi connectivity index (χ4n) is 3.16. The van der Waals surface area contributed by atoms with Crippen LogP contribution in [-0.2, 0) is 16.6 Å². The first kappa shape index (κ1) is 14.8. The third-order valence-electron chi connectivity index (χ3n) is 4.62. The number of hydrogen-bond acceptors (Lipinski definition) is 6. The Hall–Kier alpha value is -1.80. The van der Waals surface area contributed by atoms with Crippen LogP contribution in [0.2, 0.25) is 0 Å². The lowest BCUT2D eigenvalue weighted by molar-refractivity contribution is -0.117. The van der Waals surface area contributed by atoms with E-state index in [0.29, 0.717) is 11.0 Å². The minimum Gasteiger partial charge on any atom is -0.381 e. The highest BCUT2D eigenvalue weighted by Crippen LogP contribution is 2.47. The van der Waals surface area contributed by atoms with E-state index < -0.39 is 0 Å². The summed E-state index contributed by atoms with van der Waals surface area (Å²) >= 11 is 1.27. The summed E-state index contributed by atoms with van der Waals surface area (Å²) in [6.45, 7) is 1.53. The summed E-state index contributed by atoms with van der Waals surface area (Å²) in [6.07, 6.45) is 4.55. The molecule has 7 nitrogen and oxygen atoms in total. The quantitative estimate of drug-likeness (QED) is 0.924. The smallest absolute Gasteiger partial charge is 0.230 e. The normalized spacial score (nSPS) is 24.6. The van der Waals surface area contributed by atoms with Gasteiger partial charge in [-0.3, -0.25) is 9.48 Å². The average Bonchev–Trinajstić information content (AvgIpc) is 3.02. The van der Waals surface area contributed by atoms with Crippen LogP contribution in [0.15, 0.2) is 12.3 Å². The summed E-state index contributed by atoms with van der Waals surface area (Å²) in [7, 11) is 1.91. The maximum Gasteiger partial charge on any atom is 0.230 e. The van der Waals surface area contributed by atoms with Crippen LogP contribution in [0.4, 0.5) is 5.13 Å². The number of rotatable bonds is 4. The first-order valence-electron chi connectivity index (χ1n) is 7.92. The van der Waals surface area contributed by atoms with E-state index in [-0.39, 0.29) is 17.7 Å². The third-order valence-corrected chi connectivity index (χ3v) is 5.27. The van der Waals surface area contributed by atoms with Gasteiger partial charge in [-0.15, -0.1) is 0 Å². The van der Waals surface area contributed by atoms with Crippen LogP contribution in [-0.4, -0.2) is 38.3 Å². The molecule has 1 aliphatic heterocycles. The van der Waals surface area contributed by atoms with Gasteiger partial charge in [0.2, 0.25) is 11.0 Å². The number of hydrogen-bond donors (Lipinski definition) is 1. The number of aryl methyl sites for hydroxylation is 1. The molecule has 0 bridgehead atoms. The Morgan fingerprint density at radius 1 is 1.43 bits per heavy atom. The van der Waals surface area contributed by atoms with Gasteiger partial charge in [0.05, 0.1) is 0 Å². The summed E-state index contributed by atoms with van der Waals surface area (Å²) in [4.78, 5) is 16.8. The maximum absolute atomic E-state index is 12.4. The molecule has 2 aliphatic rings. The molecule has 1 saturated carbocycles. The molecule has 1 aliphatic carbocycles. The van der Waals surface area contributed by atoms with Crippen molar-refractivity contribution >= 4 is 22.6 Å². The highest BCUT2D eigenvalue weighted by molar-refractivity contribution is 7.09. The Labute approximate surface area is 138 Å². The van der Waals surface area contributed by atoms with Gasteiger partial charge in [-0.1, -0.05) is 0 Å². The number of amides is 1. The Bertz CT molecular complexity index is 706. The minimum atomic E-state index is 0.0147. The monoisotopic (exact) mass is 333 g/mol. The SMILES string of the molecule is Cn1nccc1[C@@H]1C[C@H]1C(=O)Nc1nc(C2CCOCC2)ns1. The predicted octanol–water partition coefficient (Wildman–Crippen LogP) is 1.91. The molecule has 2 atom stereocenters. The molecule has 3 heterocycles. The van der Waals surface area contributed by atoms with Gasteiger partial charge in [-0.2, -0.15) is 9.47 Å². The first-order valence-corrected chi connectivity index (χ1v) is 8.70. The molecule has 0 aromatic carbocycles. The summed E-state index contributed by atoms with van der Waals surface area (Å²) in [6, 6.07) is 1.98. The molecule has 2 fully saturated rings. The zero-order valence-electron chi connectivity index (χ0n) is 12.9. The Morgan fingerprint density at radius 3 is 3.00 bits per heavy atom. The summed E-state index contributed by atoms with van der Waals surface area (Å²) in [5, 5.41) is 7.69. The second kappa shape index (κ2) is 6.01. The number of nitrogens with zero attached hydrogens (tertiary/aromatic N) is 4. The molecule has 8 heteroatoms. The molecule has 0 spiro atoms. The van der Waals surface area contributed by atoms with E-state index in [4.69, 9.17) is 4.74 Å². The molecule has 122 valence electrons. The van der Waals surface area contributed by atoms with E-state index in [0.717, 1.165) is 44.0 Å². The van der Waals surface area contributed by atoms with Crippen LogP contribution < -0.4 is 5.32 Å². The zero-order chi connectivity index (χ0) is 15.8. The van der Waals surface area contributed by atoms with Crippen molar-refractivity contribution in [2.24, 2.45) is 13.0 Å². The highest BCUT2D eigenvalue weighted by atomic mass is 32.1. The molecule has 4 rings (SSSR count). The fourth-order valence-corrected chi connectivity index (χ4v) is 3.82. The van der Waals surface area contributed by atoms with E-state index in [1.165, 1.54) is 11.5 Å². The number of ether oxygens (including phenoxy) is 1. The molecule has 0 unspecified atom stereocenters. The minimum absolute atomic E-state index is 0.0147. The van der Waals surface area contributed by atoms with Gasteiger partial charge in [0.1, 0.15) is 5.82 Å². The number of anilines is 1. The molecular formula is C15H19N5O2S. The number of carbonyl (C=O) groups excluding carboxylic acids is 1. The average molecular weight is 333 g/mol. The summed E-state index contributed by atoms with van der Waals surface area (Å²) in [5.74, 6) is 1.51.